The molecule has 1 aromatic rings. The van der Waals surface area contributed by atoms with Gasteiger partial charge >= 0.3 is 0 Å². The van der Waals surface area contributed by atoms with Crippen molar-refractivity contribution in [2.75, 3.05) is 7.11 Å². The quantitative estimate of drug-likeness (QED) is 0.624. The zero-order valence-corrected chi connectivity index (χ0v) is 14.2. The predicted octanol–water partition coefficient (Wildman–Crippen LogP) is 3.56. The van der Waals surface area contributed by atoms with Crippen molar-refractivity contribution >= 4 is 15.9 Å². The zero-order chi connectivity index (χ0) is 15.5. The van der Waals surface area contributed by atoms with Crippen LogP contribution in [0.2, 0.25) is 0 Å². The number of ether oxygens (including phenoxy) is 1. The van der Waals surface area contributed by atoms with E-state index in [9.17, 15) is 4.39 Å². The molecule has 1 fully saturated rings. The lowest BCUT2D eigenvalue weighted by Crippen LogP contribution is -2.57. The molecule has 1 atom stereocenters. The summed E-state index contributed by atoms with van der Waals surface area (Å²) in [6.45, 7) is 2.27. The third-order valence-electron chi connectivity index (χ3n) is 4.80. The summed E-state index contributed by atoms with van der Waals surface area (Å²) in [5, 5.41) is 0. The number of halogens is 2. The van der Waals surface area contributed by atoms with E-state index in [1.807, 2.05) is 0 Å². The van der Waals surface area contributed by atoms with Gasteiger partial charge in [-0.2, -0.15) is 0 Å². The molecule has 3 nitrogen and oxygen atoms in total. The van der Waals surface area contributed by atoms with Crippen LogP contribution in [0.3, 0.4) is 0 Å². The van der Waals surface area contributed by atoms with Gasteiger partial charge in [-0.05, 0) is 61.8 Å². The first-order valence-corrected chi connectivity index (χ1v) is 8.25. The largest absolute Gasteiger partial charge is 0.377 e. The van der Waals surface area contributed by atoms with Crippen LogP contribution in [0.5, 0.6) is 0 Å². The summed E-state index contributed by atoms with van der Waals surface area (Å²) in [6.07, 6.45) is 4.86. The smallest absolute Gasteiger partial charge is 0.123 e. The molecule has 3 N–H and O–H groups in total. The summed E-state index contributed by atoms with van der Waals surface area (Å²) in [5.74, 6) is 6.30. The maximum atomic E-state index is 13.5. The Balaban J connectivity index is 2.19. The van der Waals surface area contributed by atoms with E-state index in [-0.39, 0.29) is 17.5 Å². The molecular formula is C16H24BrFN2O. The Morgan fingerprint density at radius 1 is 1.48 bits per heavy atom. The van der Waals surface area contributed by atoms with Crippen molar-refractivity contribution in [3.63, 3.8) is 0 Å². The Bertz CT molecular complexity index is 475. The van der Waals surface area contributed by atoms with Gasteiger partial charge in [0.2, 0.25) is 0 Å². The molecule has 1 saturated carbocycles. The molecule has 2 rings (SSSR count). The molecule has 0 heterocycles. The normalized spacial score (nSPS) is 27.6. The number of benzene rings is 1. The maximum Gasteiger partial charge on any atom is 0.123 e. The molecule has 118 valence electrons. The third-order valence-corrected chi connectivity index (χ3v) is 5.57. The van der Waals surface area contributed by atoms with Crippen molar-refractivity contribution < 1.29 is 9.13 Å². The molecule has 0 amide bonds. The number of hydrogen-bond acceptors (Lipinski definition) is 3. The highest BCUT2D eigenvalue weighted by Crippen LogP contribution is 2.38. The van der Waals surface area contributed by atoms with E-state index < -0.39 is 0 Å². The van der Waals surface area contributed by atoms with E-state index in [1.165, 1.54) is 6.07 Å². The zero-order valence-electron chi connectivity index (χ0n) is 12.7. The topological polar surface area (TPSA) is 47.3 Å². The summed E-state index contributed by atoms with van der Waals surface area (Å²) in [4.78, 5) is 0. The average molecular weight is 359 g/mol. The van der Waals surface area contributed by atoms with Crippen LogP contribution in [-0.4, -0.2) is 18.8 Å². The van der Waals surface area contributed by atoms with Crippen molar-refractivity contribution in [1.29, 1.82) is 0 Å². The van der Waals surface area contributed by atoms with Crippen LogP contribution < -0.4 is 11.3 Å². The van der Waals surface area contributed by atoms with Crippen LogP contribution in [-0.2, 0) is 11.2 Å². The number of hydrogen-bond donors (Lipinski definition) is 2. The van der Waals surface area contributed by atoms with Crippen molar-refractivity contribution in [2.24, 2.45) is 11.8 Å². The van der Waals surface area contributed by atoms with Gasteiger partial charge in [-0.15, -0.1) is 0 Å². The van der Waals surface area contributed by atoms with Crippen molar-refractivity contribution in [3.05, 3.63) is 34.1 Å². The van der Waals surface area contributed by atoms with Gasteiger partial charge < -0.3 is 4.74 Å². The summed E-state index contributed by atoms with van der Waals surface area (Å²) in [5.41, 5.74) is 3.54. The van der Waals surface area contributed by atoms with Crippen LogP contribution in [0.15, 0.2) is 22.7 Å². The average Bonchev–Trinajstić information content (AvgIpc) is 2.49. The molecule has 21 heavy (non-hydrogen) atoms. The number of methoxy groups -OCH3 is 1. The Morgan fingerprint density at radius 3 is 2.71 bits per heavy atom. The molecular weight excluding hydrogens is 335 g/mol. The van der Waals surface area contributed by atoms with Gasteiger partial charge in [0.25, 0.3) is 0 Å². The summed E-state index contributed by atoms with van der Waals surface area (Å²) in [7, 11) is 1.75. The minimum atomic E-state index is -0.271. The number of nitrogens with two attached hydrogens (primary N) is 1. The Morgan fingerprint density at radius 2 is 2.14 bits per heavy atom. The SMILES string of the molecule is COC1(C(Cc2cc(F)ccc2Br)NN)CCC(C)CC1. The lowest BCUT2D eigenvalue weighted by Gasteiger charge is -2.44. The number of hydrazine groups is 1. The third kappa shape index (κ3) is 3.83. The van der Waals surface area contributed by atoms with Crippen LogP contribution in [0.25, 0.3) is 0 Å². The Kier molecular flexibility index (Phi) is 5.77. The molecule has 0 saturated heterocycles. The van der Waals surface area contributed by atoms with Gasteiger partial charge in [0.05, 0.1) is 11.6 Å². The lowest BCUT2D eigenvalue weighted by molar-refractivity contribution is -0.0747. The van der Waals surface area contributed by atoms with Gasteiger partial charge in [-0.1, -0.05) is 22.9 Å². The molecule has 0 aliphatic heterocycles. The van der Waals surface area contributed by atoms with E-state index in [0.29, 0.717) is 6.42 Å². The molecule has 0 spiro atoms. The number of rotatable bonds is 5. The van der Waals surface area contributed by atoms with Gasteiger partial charge in [0.15, 0.2) is 0 Å². The van der Waals surface area contributed by atoms with Crippen LogP contribution in [0.4, 0.5) is 4.39 Å². The first kappa shape index (κ1) is 16.9. The van der Waals surface area contributed by atoms with Crippen molar-refractivity contribution in [3.8, 4) is 0 Å². The second kappa shape index (κ2) is 7.18. The maximum absolute atomic E-state index is 13.5. The highest BCUT2D eigenvalue weighted by molar-refractivity contribution is 9.10. The molecule has 1 unspecified atom stereocenters. The molecule has 1 aromatic carbocycles. The number of nitrogens with one attached hydrogen (secondary N) is 1. The van der Waals surface area contributed by atoms with E-state index in [0.717, 1.165) is 41.6 Å². The highest BCUT2D eigenvalue weighted by atomic mass is 79.9. The van der Waals surface area contributed by atoms with Crippen LogP contribution in [0.1, 0.15) is 38.2 Å². The van der Waals surface area contributed by atoms with Gasteiger partial charge in [-0.3, -0.25) is 11.3 Å². The minimum absolute atomic E-state index is 0.0342. The van der Waals surface area contributed by atoms with E-state index in [2.05, 4.69) is 28.3 Å². The van der Waals surface area contributed by atoms with Crippen LogP contribution >= 0.6 is 15.9 Å². The summed E-state index contributed by atoms with van der Waals surface area (Å²) < 4.78 is 20.2. The Hall–Kier alpha value is -0.490. The lowest BCUT2D eigenvalue weighted by atomic mass is 9.74. The fraction of sp³-hybridized carbons (Fsp3) is 0.625. The molecule has 0 radical (unpaired) electrons. The molecule has 0 bridgehead atoms. The van der Waals surface area contributed by atoms with Gasteiger partial charge in [0, 0.05) is 11.6 Å². The van der Waals surface area contributed by atoms with Gasteiger partial charge in [0.1, 0.15) is 5.82 Å². The summed E-state index contributed by atoms with van der Waals surface area (Å²) >= 11 is 3.49. The van der Waals surface area contributed by atoms with E-state index >= 15 is 0 Å². The van der Waals surface area contributed by atoms with Crippen molar-refractivity contribution in [2.45, 2.75) is 50.7 Å². The standard InChI is InChI=1S/C16H24BrFN2O/c1-11-5-7-16(21-2,8-6-11)15(20-19)10-12-9-13(18)3-4-14(12)17/h3-4,9,11,15,20H,5-8,10,19H2,1-2H3. The second-order valence-electron chi connectivity index (χ2n) is 6.11. The first-order valence-electron chi connectivity index (χ1n) is 7.46. The molecule has 1 aliphatic rings. The predicted molar refractivity (Wildman–Crippen MR) is 86.3 cm³/mol. The van der Waals surface area contributed by atoms with Crippen LogP contribution in [0, 0.1) is 11.7 Å². The highest BCUT2D eigenvalue weighted by Gasteiger charge is 2.41. The first-order chi connectivity index (χ1) is 10.0. The molecule has 5 heteroatoms. The second-order valence-corrected chi connectivity index (χ2v) is 6.96. The minimum Gasteiger partial charge on any atom is -0.377 e. The van der Waals surface area contributed by atoms with E-state index in [4.69, 9.17) is 10.6 Å². The van der Waals surface area contributed by atoms with Crippen molar-refractivity contribution in [1.82, 2.24) is 5.43 Å². The molecule has 0 aromatic heterocycles. The van der Waals surface area contributed by atoms with E-state index in [1.54, 1.807) is 19.2 Å². The van der Waals surface area contributed by atoms with Gasteiger partial charge in [-0.25, -0.2) is 4.39 Å². The fourth-order valence-electron chi connectivity index (χ4n) is 3.26. The fourth-order valence-corrected chi connectivity index (χ4v) is 3.67. The molecule has 1 aliphatic carbocycles. The Labute approximate surface area is 134 Å². The monoisotopic (exact) mass is 358 g/mol. The summed E-state index contributed by atoms with van der Waals surface area (Å²) in [6, 6.07) is 4.71.